The van der Waals surface area contributed by atoms with Gasteiger partial charge in [-0.25, -0.2) is 9.97 Å². The molecule has 4 heterocycles. The molecule has 130 valence electrons. The van der Waals surface area contributed by atoms with E-state index >= 15 is 0 Å². The summed E-state index contributed by atoms with van der Waals surface area (Å²) in [5.74, 6) is 1.04. The molecule has 25 heavy (non-hydrogen) atoms. The molecule has 0 spiro atoms. The number of aromatic amines is 1. The third kappa shape index (κ3) is 3.35. The first-order chi connectivity index (χ1) is 12.3. The maximum Gasteiger partial charge on any atom is 0.181 e. The van der Waals surface area contributed by atoms with Gasteiger partial charge in [0.2, 0.25) is 0 Å². The van der Waals surface area contributed by atoms with Crippen molar-refractivity contribution in [1.29, 1.82) is 0 Å². The fourth-order valence-corrected chi connectivity index (χ4v) is 3.53. The number of anilines is 1. The quantitative estimate of drug-likeness (QED) is 0.766. The maximum atomic E-state index is 4.92. The van der Waals surface area contributed by atoms with Crippen LogP contribution in [-0.2, 0) is 0 Å². The van der Waals surface area contributed by atoms with E-state index in [4.69, 9.17) is 4.98 Å². The number of fused-ring (bicyclic) bond motifs is 1. The second-order valence-electron chi connectivity index (χ2n) is 6.59. The van der Waals surface area contributed by atoms with Crippen molar-refractivity contribution in [3.63, 3.8) is 0 Å². The normalized spacial score (nSPS) is 18.4. The van der Waals surface area contributed by atoms with Crippen LogP contribution in [0.25, 0.3) is 22.4 Å². The van der Waals surface area contributed by atoms with Gasteiger partial charge in [0, 0.05) is 30.7 Å². The van der Waals surface area contributed by atoms with E-state index in [0.29, 0.717) is 6.04 Å². The molecule has 6 heteroatoms. The fraction of sp³-hybridized carbons (Fsp3) is 0.421. The number of aromatic nitrogens is 4. The Hall–Kier alpha value is -2.47. The van der Waals surface area contributed by atoms with Gasteiger partial charge in [-0.3, -0.25) is 5.10 Å². The summed E-state index contributed by atoms with van der Waals surface area (Å²) >= 11 is 0. The zero-order chi connectivity index (χ0) is 17.1. The van der Waals surface area contributed by atoms with E-state index in [0.717, 1.165) is 54.3 Å². The van der Waals surface area contributed by atoms with E-state index in [1.54, 1.807) is 6.20 Å². The molecule has 0 aromatic carbocycles. The molecule has 3 aromatic rings. The first-order valence-electron chi connectivity index (χ1n) is 9.10. The SMILES string of the molecule is CCC[C@H]1CN(c2cccc(-c3[nH]nc4ncccc34)n2)CCCN1. The van der Waals surface area contributed by atoms with Crippen LogP contribution in [0.5, 0.6) is 0 Å². The summed E-state index contributed by atoms with van der Waals surface area (Å²) < 4.78 is 0. The van der Waals surface area contributed by atoms with Crippen LogP contribution in [0, 0.1) is 0 Å². The molecule has 1 aliphatic rings. The predicted molar refractivity (Wildman–Crippen MR) is 101 cm³/mol. The van der Waals surface area contributed by atoms with Gasteiger partial charge < -0.3 is 10.2 Å². The van der Waals surface area contributed by atoms with Gasteiger partial charge in [-0.15, -0.1) is 0 Å². The Morgan fingerprint density at radius 3 is 3.12 bits per heavy atom. The molecule has 1 aliphatic heterocycles. The number of pyridine rings is 2. The minimum atomic E-state index is 0.537. The van der Waals surface area contributed by atoms with Crippen molar-refractivity contribution >= 4 is 16.9 Å². The number of rotatable bonds is 4. The van der Waals surface area contributed by atoms with Gasteiger partial charge in [0.05, 0.1) is 11.4 Å². The van der Waals surface area contributed by atoms with Crippen molar-refractivity contribution in [2.75, 3.05) is 24.5 Å². The molecule has 0 saturated carbocycles. The van der Waals surface area contributed by atoms with Crippen molar-refractivity contribution in [3.8, 4) is 11.4 Å². The molecule has 1 fully saturated rings. The zero-order valence-electron chi connectivity index (χ0n) is 14.6. The molecular formula is C19H24N6. The van der Waals surface area contributed by atoms with Crippen LogP contribution >= 0.6 is 0 Å². The third-order valence-corrected chi connectivity index (χ3v) is 4.76. The van der Waals surface area contributed by atoms with Crippen molar-refractivity contribution in [1.82, 2.24) is 25.5 Å². The number of nitrogens with zero attached hydrogens (tertiary/aromatic N) is 4. The Morgan fingerprint density at radius 2 is 2.20 bits per heavy atom. The van der Waals surface area contributed by atoms with Crippen LogP contribution in [0.15, 0.2) is 36.5 Å². The molecule has 0 bridgehead atoms. The van der Waals surface area contributed by atoms with E-state index in [9.17, 15) is 0 Å². The highest BCUT2D eigenvalue weighted by molar-refractivity contribution is 5.89. The molecule has 1 atom stereocenters. The lowest BCUT2D eigenvalue weighted by Gasteiger charge is -2.25. The van der Waals surface area contributed by atoms with Gasteiger partial charge in [0.1, 0.15) is 5.82 Å². The van der Waals surface area contributed by atoms with E-state index in [1.807, 2.05) is 18.2 Å². The summed E-state index contributed by atoms with van der Waals surface area (Å²) in [6, 6.07) is 10.7. The molecule has 0 radical (unpaired) electrons. The molecule has 0 unspecified atom stereocenters. The lowest BCUT2D eigenvalue weighted by atomic mass is 10.1. The Morgan fingerprint density at radius 1 is 1.24 bits per heavy atom. The topological polar surface area (TPSA) is 69.7 Å². The average molecular weight is 336 g/mol. The van der Waals surface area contributed by atoms with Crippen molar-refractivity contribution in [2.24, 2.45) is 0 Å². The minimum Gasteiger partial charge on any atom is -0.355 e. The summed E-state index contributed by atoms with van der Waals surface area (Å²) in [5, 5.41) is 12.0. The zero-order valence-corrected chi connectivity index (χ0v) is 14.6. The second-order valence-corrected chi connectivity index (χ2v) is 6.59. The van der Waals surface area contributed by atoms with Gasteiger partial charge in [0.15, 0.2) is 5.65 Å². The summed E-state index contributed by atoms with van der Waals surface area (Å²) in [7, 11) is 0. The van der Waals surface area contributed by atoms with Gasteiger partial charge in [-0.2, -0.15) is 5.10 Å². The third-order valence-electron chi connectivity index (χ3n) is 4.76. The van der Waals surface area contributed by atoms with E-state index < -0.39 is 0 Å². The standard InChI is InChI=1S/C19H24N6/c1-2-6-14-13-25(12-5-11-20-14)17-9-3-8-16(22-17)18-15-7-4-10-21-19(15)24-23-18/h3-4,7-10,14,20H,2,5-6,11-13H2,1H3,(H,21,23,24)/t14-/m0/s1. The Labute approximate surface area is 147 Å². The lowest BCUT2D eigenvalue weighted by molar-refractivity contribution is 0.502. The van der Waals surface area contributed by atoms with Crippen LogP contribution < -0.4 is 10.2 Å². The molecule has 3 aromatic heterocycles. The van der Waals surface area contributed by atoms with Gasteiger partial charge in [-0.05, 0) is 43.7 Å². The Balaban J connectivity index is 1.65. The van der Waals surface area contributed by atoms with Crippen molar-refractivity contribution in [3.05, 3.63) is 36.5 Å². The molecule has 4 rings (SSSR count). The van der Waals surface area contributed by atoms with Crippen LogP contribution in [-0.4, -0.2) is 45.8 Å². The molecule has 0 aliphatic carbocycles. The predicted octanol–water partition coefficient (Wildman–Crippen LogP) is 2.99. The van der Waals surface area contributed by atoms with Crippen LogP contribution in [0.3, 0.4) is 0 Å². The summed E-state index contributed by atoms with van der Waals surface area (Å²) in [6.07, 6.45) is 5.30. The fourth-order valence-electron chi connectivity index (χ4n) is 3.53. The molecule has 1 saturated heterocycles. The summed E-state index contributed by atoms with van der Waals surface area (Å²) in [4.78, 5) is 11.6. The van der Waals surface area contributed by atoms with Crippen LogP contribution in [0.1, 0.15) is 26.2 Å². The maximum absolute atomic E-state index is 4.92. The van der Waals surface area contributed by atoms with Crippen molar-refractivity contribution in [2.45, 2.75) is 32.2 Å². The summed E-state index contributed by atoms with van der Waals surface area (Å²) in [6.45, 7) is 5.37. The van der Waals surface area contributed by atoms with Gasteiger partial charge in [0.25, 0.3) is 0 Å². The molecule has 0 amide bonds. The van der Waals surface area contributed by atoms with E-state index in [-0.39, 0.29) is 0 Å². The van der Waals surface area contributed by atoms with E-state index in [2.05, 4.69) is 44.5 Å². The Kier molecular flexibility index (Phi) is 4.61. The first kappa shape index (κ1) is 16.0. The highest BCUT2D eigenvalue weighted by atomic mass is 15.2. The summed E-state index contributed by atoms with van der Waals surface area (Å²) in [5.41, 5.74) is 2.58. The van der Waals surface area contributed by atoms with E-state index in [1.165, 1.54) is 12.8 Å². The number of H-pyrrole nitrogens is 1. The number of hydrogen-bond acceptors (Lipinski definition) is 5. The highest BCUT2D eigenvalue weighted by Crippen LogP contribution is 2.25. The molecule has 2 N–H and O–H groups in total. The Bertz CT molecular complexity index is 843. The number of nitrogens with one attached hydrogen (secondary N) is 2. The molecular weight excluding hydrogens is 312 g/mol. The van der Waals surface area contributed by atoms with Crippen LogP contribution in [0.2, 0.25) is 0 Å². The van der Waals surface area contributed by atoms with Gasteiger partial charge >= 0.3 is 0 Å². The van der Waals surface area contributed by atoms with Gasteiger partial charge in [-0.1, -0.05) is 19.4 Å². The van der Waals surface area contributed by atoms with Crippen LogP contribution in [0.4, 0.5) is 5.82 Å². The lowest BCUT2D eigenvalue weighted by Crippen LogP contribution is -2.37. The monoisotopic (exact) mass is 336 g/mol. The van der Waals surface area contributed by atoms with Crippen molar-refractivity contribution < 1.29 is 0 Å². The second kappa shape index (κ2) is 7.19. The molecule has 6 nitrogen and oxygen atoms in total. The average Bonchev–Trinajstić information content (AvgIpc) is 2.94. The minimum absolute atomic E-state index is 0.537. The largest absolute Gasteiger partial charge is 0.355 e. The highest BCUT2D eigenvalue weighted by Gasteiger charge is 2.19. The first-order valence-corrected chi connectivity index (χ1v) is 9.10. The smallest absolute Gasteiger partial charge is 0.181 e. The number of hydrogen-bond donors (Lipinski definition) is 2.